The van der Waals surface area contributed by atoms with Gasteiger partial charge in [-0.25, -0.2) is 4.99 Å². The molecule has 0 saturated heterocycles. The molecule has 1 rings (SSSR count). The van der Waals surface area contributed by atoms with E-state index >= 15 is 0 Å². The Hall–Kier alpha value is -1.06. The van der Waals surface area contributed by atoms with E-state index in [0.29, 0.717) is 0 Å². The van der Waals surface area contributed by atoms with Crippen molar-refractivity contribution < 1.29 is 0 Å². The van der Waals surface area contributed by atoms with Gasteiger partial charge < -0.3 is 10.6 Å². The zero-order valence-corrected chi connectivity index (χ0v) is 7.18. The smallest absolute Gasteiger partial charge is 0.198 e. The van der Waals surface area contributed by atoms with E-state index in [1.54, 1.807) is 6.34 Å². The first-order valence-corrected chi connectivity index (χ1v) is 3.77. The van der Waals surface area contributed by atoms with Crippen LogP contribution >= 0.6 is 0 Å². The average Bonchev–Trinajstić information content (AvgIpc) is 1.85. The number of hydrogen-bond acceptors (Lipinski definition) is 2. The molecule has 1 aliphatic heterocycles. The highest BCUT2D eigenvalue weighted by Gasteiger charge is 2.19. The summed E-state index contributed by atoms with van der Waals surface area (Å²) < 4.78 is 0. The maximum atomic E-state index is 4.18. The topological polar surface area (TPSA) is 48.8 Å². The normalized spacial score (nSPS) is 24.5. The van der Waals surface area contributed by atoms with Crippen molar-refractivity contribution in [3.05, 3.63) is 0 Å². The maximum absolute atomic E-state index is 4.18. The third kappa shape index (κ3) is 2.22. The molecule has 0 saturated carbocycles. The second kappa shape index (κ2) is 2.90. The van der Waals surface area contributed by atoms with Gasteiger partial charge in [0.15, 0.2) is 5.96 Å². The summed E-state index contributed by atoms with van der Waals surface area (Å²) in [5, 5.41) is 6.06. The molecule has 0 aromatic carbocycles. The number of nitrogens with one attached hydrogen (secondary N) is 2. The Bertz CT molecular complexity index is 193. The highest BCUT2D eigenvalue weighted by molar-refractivity contribution is 5.92. The first kappa shape index (κ1) is 8.04. The standard InChI is InChI=1S/C7H14N4/c1-4-8-6-9-5-10-7(2,3)11-6/h5H,4H2,1-3H3,(H2,8,9,10,11). The van der Waals surface area contributed by atoms with E-state index in [1.807, 2.05) is 20.8 Å². The lowest BCUT2D eigenvalue weighted by molar-refractivity contribution is 0.472. The minimum atomic E-state index is -0.223. The summed E-state index contributed by atoms with van der Waals surface area (Å²) in [7, 11) is 0. The van der Waals surface area contributed by atoms with E-state index in [2.05, 4.69) is 20.6 Å². The van der Waals surface area contributed by atoms with Gasteiger partial charge >= 0.3 is 0 Å². The predicted molar refractivity (Wildman–Crippen MR) is 46.8 cm³/mol. The third-order valence-electron chi connectivity index (χ3n) is 1.33. The summed E-state index contributed by atoms with van der Waals surface area (Å²) in [4.78, 5) is 8.35. The van der Waals surface area contributed by atoms with Crippen molar-refractivity contribution in [2.24, 2.45) is 9.98 Å². The van der Waals surface area contributed by atoms with Gasteiger partial charge in [0.25, 0.3) is 0 Å². The van der Waals surface area contributed by atoms with Crippen molar-refractivity contribution in [3.8, 4) is 0 Å². The fourth-order valence-corrected chi connectivity index (χ4v) is 0.856. The molecule has 0 aromatic heterocycles. The van der Waals surface area contributed by atoms with Crippen LogP contribution in [-0.4, -0.2) is 24.5 Å². The maximum Gasteiger partial charge on any atom is 0.198 e. The Morgan fingerprint density at radius 1 is 1.64 bits per heavy atom. The zero-order valence-electron chi connectivity index (χ0n) is 7.18. The molecule has 1 aliphatic rings. The molecule has 2 N–H and O–H groups in total. The largest absolute Gasteiger partial charge is 0.332 e. The molecule has 0 bridgehead atoms. The van der Waals surface area contributed by atoms with Gasteiger partial charge in [-0.2, -0.15) is 0 Å². The first-order valence-electron chi connectivity index (χ1n) is 3.77. The van der Waals surface area contributed by atoms with E-state index in [-0.39, 0.29) is 5.66 Å². The predicted octanol–water partition coefficient (Wildman–Crippen LogP) is 0.319. The van der Waals surface area contributed by atoms with Crippen LogP contribution in [0.4, 0.5) is 0 Å². The molecule has 11 heavy (non-hydrogen) atoms. The summed E-state index contributed by atoms with van der Waals surface area (Å²) >= 11 is 0. The molecule has 4 heteroatoms. The van der Waals surface area contributed by atoms with Gasteiger partial charge in [-0.05, 0) is 20.8 Å². The van der Waals surface area contributed by atoms with Crippen LogP contribution in [0.15, 0.2) is 9.98 Å². The molecule has 1 heterocycles. The molecule has 0 spiro atoms. The van der Waals surface area contributed by atoms with Crippen LogP contribution in [0.25, 0.3) is 0 Å². The fraction of sp³-hybridized carbons (Fsp3) is 0.714. The number of nitrogens with zero attached hydrogens (tertiary/aromatic N) is 2. The number of guanidine groups is 1. The van der Waals surface area contributed by atoms with Crippen LogP contribution < -0.4 is 10.6 Å². The van der Waals surface area contributed by atoms with Crippen LogP contribution in [0.3, 0.4) is 0 Å². The van der Waals surface area contributed by atoms with Crippen LogP contribution in [0, 0.1) is 0 Å². The van der Waals surface area contributed by atoms with E-state index < -0.39 is 0 Å². The Morgan fingerprint density at radius 3 is 2.91 bits per heavy atom. The monoisotopic (exact) mass is 154 g/mol. The van der Waals surface area contributed by atoms with E-state index in [1.165, 1.54) is 0 Å². The summed E-state index contributed by atoms with van der Waals surface area (Å²) in [5.41, 5.74) is -0.223. The van der Waals surface area contributed by atoms with E-state index in [9.17, 15) is 0 Å². The molecule has 0 aliphatic carbocycles. The Balaban J connectivity index is 2.66. The average molecular weight is 154 g/mol. The minimum Gasteiger partial charge on any atom is -0.332 e. The summed E-state index contributed by atoms with van der Waals surface area (Å²) in [5.74, 6) is 0.799. The first-order chi connectivity index (χ1) is 5.14. The van der Waals surface area contributed by atoms with E-state index in [4.69, 9.17) is 0 Å². The highest BCUT2D eigenvalue weighted by atomic mass is 15.3. The minimum absolute atomic E-state index is 0.223. The van der Waals surface area contributed by atoms with Crippen LogP contribution in [0.1, 0.15) is 20.8 Å². The summed E-state index contributed by atoms with van der Waals surface area (Å²) in [6, 6.07) is 0. The van der Waals surface area contributed by atoms with Gasteiger partial charge in [0.1, 0.15) is 5.66 Å². The molecule has 0 fully saturated rings. The van der Waals surface area contributed by atoms with Gasteiger partial charge in [-0.3, -0.25) is 4.99 Å². The Labute approximate surface area is 66.8 Å². The lowest BCUT2D eigenvalue weighted by atomic mass is 10.2. The second-order valence-electron chi connectivity index (χ2n) is 2.91. The number of aliphatic imine (C=N–C) groups is 2. The molecule has 0 amide bonds. The Morgan fingerprint density at radius 2 is 2.36 bits per heavy atom. The molecule has 4 nitrogen and oxygen atoms in total. The molecule has 0 aromatic rings. The number of rotatable bonds is 1. The van der Waals surface area contributed by atoms with Crippen LogP contribution in [0.2, 0.25) is 0 Å². The van der Waals surface area contributed by atoms with Crippen molar-refractivity contribution in [2.45, 2.75) is 26.4 Å². The van der Waals surface area contributed by atoms with Crippen molar-refractivity contribution in [3.63, 3.8) is 0 Å². The van der Waals surface area contributed by atoms with E-state index in [0.717, 1.165) is 12.5 Å². The number of hydrogen-bond donors (Lipinski definition) is 2. The van der Waals surface area contributed by atoms with Gasteiger partial charge in [0.2, 0.25) is 0 Å². The van der Waals surface area contributed by atoms with Gasteiger partial charge in [0, 0.05) is 6.54 Å². The molecule has 0 atom stereocenters. The summed E-state index contributed by atoms with van der Waals surface area (Å²) in [6.45, 7) is 6.76. The quantitative estimate of drug-likeness (QED) is 0.571. The molecular weight excluding hydrogens is 140 g/mol. The van der Waals surface area contributed by atoms with Crippen molar-refractivity contribution in [1.29, 1.82) is 0 Å². The highest BCUT2D eigenvalue weighted by Crippen LogP contribution is 2.04. The van der Waals surface area contributed by atoms with Gasteiger partial charge in [-0.1, -0.05) is 0 Å². The van der Waals surface area contributed by atoms with Gasteiger partial charge in [0.05, 0.1) is 6.34 Å². The van der Waals surface area contributed by atoms with Crippen molar-refractivity contribution >= 4 is 12.3 Å². The van der Waals surface area contributed by atoms with Crippen molar-refractivity contribution in [2.75, 3.05) is 6.54 Å². The lowest BCUT2D eigenvalue weighted by Crippen LogP contribution is -2.52. The van der Waals surface area contributed by atoms with Gasteiger partial charge in [-0.15, -0.1) is 0 Å². The molecule has 0 radical (unpaired) electrons. The fourth-order valence-electron chi connectivity index (χ4n) is 0.856. The summed E-state index contributed by atoms with van der Waals surface area (Å²) in [6.07, 6.45) is 1.67. The molecule has 0 unspecified atom stereocenters. The molecular formula is C7H14N4. The second-order valence-corrected chi connectivity index (χ2v) is 2.91. The SMILES string of the molecule is CCN=C1NC=NC(C)(C)N1. The zero-order chi connectivity index (χ0) is 8.32. The van der Waals surface area contributed by atoms with Crippen LogP contribution in [-0.2, 0) is 0 Å². The Kier molecular flexibility index (Phi) is 2.12. The molecule has 62 valence electrons. The van der Waals surface area contributed by atoms with Crippen LogP contribution in [0.5, 0.6) is 0 Å². The third-order valence-corrected chi connectivity index (χ3v) is 1.33. The van der Waals surface area contributed by atoms with Crippen molar-refractivity contribution in [1.82, 2.24) is 10.6 Å². The lowest BCUT2D eigenvalue weighted by Gasteiger charge is -2.27.